The van der Waals surface area contributed by atoms with Gasteiger partial charge in [0.15, 0.2) is 11.0 Å². The largest absolute Gasteiger partial charge is 0.490 e. The first-order chi connectivity index (χ1) is 12.7. The average Bonchev–Trinajstić information content (AvgIpc) is 2.82. The molecule has 0 aromatic carbocycles. The first-order valence-electron chi connectivity index (χ1n) is 7.07. The maximum Gasteiger partial charge on any atom is 0.490 e. The number of alkyl halides is 1. The van der Waals surface area contributed by atoms with E-state index in [1.807, 2.05) is 0 Å². The quantitative estimate of drug-likeness (QED) is 0.256. The summed E-state index contributed by atoms with van der Waals surface area (Å²) < 4.78 is 65.3. The molecule has 5 N–H and O–H groups in total. The fraction of sp³-hybridized carbons (Fsp3) is 0.556. The smallest absolute Gasteiger partial charge is 0.349 e. The molecule has 2 heterocycles. The van der Waals surface area contributed by atoms with Crippen LogP contribution in [0.3, 0.4) is 0 Å². The van der Waals surface area contributed by atoms with Gasteiger partial charge in [0.1, 0.15) is 6.17 Å². The van der Waals surface area contributed by atoms with Gasteiger partial charge in [-0.1, -0.05) is 0 Å². The van der Waals surface area contributed by atoms with E-state index in [1.54, 1.807) is 0 Å². The lowest BCUT2D eigenvalue weighted by Gasteiger charge is -2.19. The summed E-state index contributed by atoms with van der Waals surface area (Å²) in [6.45, 7) is -0.794. The first-order valence-corrected chi connectivity index (χ1v) is 12.0. The standard InChI is InChI=1S/C9H14FN2O12P3S/c10-6-3-5(22-8(6)12-2-1-7(13)11-9(12)28)4-21-26(17,18)24-27(19,20)23-25(14,15)16/h1-2,5-6,8H,3-4H2,(H,17,18)(H,19,20)(H,11,13,28)(H2,14,15,16)/t5-,6-,8+/m0/s1. The highest BCUT2D eigenvalue weighted by atomic mass is 32.1. The van der Waals surface area contributed by atoms with Crippen molar-refractivity contribution < 1.29 is 55.5 Å². The van der Waals surface area contributed by atoms with E-state index in [9.17, 15) is 27.8 Å². The van der Waals surface area contributed by atoms with Crippen LogP contribution in [0.5, 0.6) is 0 Å². The number of aromatic amines is 1. The number of hydrogen-bond donors (Lipinski definition) is 5. The van der Waals surface area contributed by atoms with Crippen molar-refractivity contribution in [3.8, 4) is 0 Å². The Balaban J connectivity index is 1.98. The minimum Gasteiger partial charge on any atom is -0.349 e. The van der Waals surface area contributed by atoms with Gasteiger partial charge in [0.05, 0.1) is 12.7 Å². The Labute approximate surface area is 160 Å². The minimum absolute atomic E-state index is 0.131. The van der Waals surface area contributed by atoms with Crippen LogP contribution in [0.15, 0.2) is 17.1 Å². The number of nitrogens with zero attached hydrogens (tertiary/aromatic N) is 1. The molecule has 160 valence electrons. The Morgan fingerprint density at radius 3 is 2.46 bits per heavy atom. The number of phosphoric acid groups is 3. The highest BCUT2D eigenvalue weighted by Crippen LogP contribution is 2.66. The van der Waals surface area contributed by atoms with E-state index in [-0.39, 0.29) is 11.2 Å². The van der Waals surface area contributed by atoms with Crippen molar-refractivity contribution in [2.24, 2.45) is 0 Å². The summed E-state index contributed by atoms with van der Waals surface area (Å²) in [4.78, 5) is 48.7. The minimum atomic E-state index is -5.65. The molecule has 0 aliphatic carbocycles. The maximum absolute atomic E-state index is 14.2. The number of nitrogens with one attached hydrogen (secondary N) is 1. The second kappa shape index (κ2) is 8.64. The van der Waals surface area contributed by atoms with Crippen LogP contribution >= 0.6 is 35.7 Å². The lowest BCUT2D eigenvalue weighted by Crippen LogP contribution is -2.21. The molecule has 1 aliphatic rings. The van der Waals surface area contributed by atoms with Crippen LogP contribution in [0, 0.1) is 4.77 Å². The Morgan fingerprint density at radius 2 is 1.89 bits per heavy atom. The van der Waals surface area contributed by atoms with Gasteiger partial charge in [-0.3, -0.25) is 18.9 Å². The van der Waals surface area contributed by atoms with E-state index in [2.05, 4.69) is 18.1 Å². The molecule has 1 aliphatic heterocycles. The third kappa shape index (κ3) is 7.02. The molecule has 1 aromatic rings. The van der Waals surface area contributed by atoms with Gasteiger partial charge in [-0.15, -0.1) is 0 Å². The summed E-state index contributed by atoms with van der Waals surface area (Å²) in [6, 6.07) is 1.07. The lowest BCUT2D eigenvalue weighted by molar-refractivity contribution is -0.0379. The van der Waals surface area contributed by atoms with Crippen molar-refractivity contribution in [1.29, 1.82) is 0 Å². The van der Waals surface area contributed by atoms with Crippen molar-refractivity contribution >= 4 is 35.7 Å². The van der Waals surface area contributed by atoms with Crippen molar-refractivity contribution in [1.82, 2.24) is 9.55 Å². The normalized spacial score (nSPS) is 27.2. The lowest BCUT2D eigenvalue weighted by atomic mass is 10.2. The molecule has 5 atom stereocenters. The molecular weight excluding hydrogens is 472 g/mol. The molecule has 14 nitrogen and oxygen atoms in total. The predicted molar refractivity (Wildman–Crippen MR) is 89.1 cm³/mol. The third-order valence-corrected chi connectivity index (χ3v) is 7.21. The van der Waals surface area contributed by atoms with Gasteiger partial charge in [0.2, 0.25) is 0 Å². The molecule has 2 unspecified atom stereocenters. The zero-order valence-electron chi connectivity index (χ0n) is 13.4. The molecule has 1 aromatic heterocycles. The highest BCUT2D eigenvalue weighted by Gasteiger charge is 2.42. The number of rotatable bonds is 8. The van der Waals surface area contributed by atoms with E-state index in [1.165, 1.54) is 6.20 Å². The van der Waals surface area contributed by atoms with E-state index in [0.29, 0.717) is 0 Å². The molecule has 2 rings (SSSR count). The van der Waals surface area contributed by atoms with Crippen molar-refractivity contribution in [2.75, 3.05) is 6.61 Å². The SMILES string of the molecule is O=c1ccn([C@@H]2O[C@H](COP(=O)(O)OP(=O)(O)OP(=O)(O)O)C[C@@H]2F)c(=S)[nH]1. The zero-order valence-corrected chi connectivity index (χ0v) is 16.9. The molecule has 28 heavy (non-hydrogen) atoms. The van der Waals surface area contributed by atoms with Gasteiger partial charge in [0, 0.05) is 18.7 Å². The van der Waals surface area contributed by atoms with Crippen LogP contribution < -0.4 is 5.56 Å². The number of H-pyrrole nitrogens is 1. The molecule has 1 saturated heterocycles. The van der Waals surface area contributed by atoms with Gasteiger partial charge < -0.3 is 24.3 Å². The van der Waals surface area contributed by atoms with E-state index >= 15 is 0 Å². The van der Waals surface area contributed by atoms with E-state index in [0.717, 1.165) is 10.6 Å². The number of ether oxygens (including phenoxy) is 1. The van der Waals surface area contributed by atoms with Crippen LogP contribution in [0.4, 0.5) is 4.39 Å². The second-order valence-corrected chi connectivity index (χ2v) is 10.1. The maximum atomic E-state index is 14.2. The summed E-state index contributed by atoms with van der Waals surface area (Å²) >= 11 is 4.88. The Kier molecular flexibility index (Phi) is 7.31. The fourth-order valence-electron chi connectivity index (χ4n) is 2.16. The average molecular weight is 486 g/mol. The van der Waals surface area contributed by atoms with Gasteiger partial charge in [0.25, 0.3) is 5.56 Å². The Morgan fingerprint density at radius 1 is 1.25 bits per heavy atom. The van der Waals surface area contributed by atoms with Crippen LogP contribution in [0.25, 0.3) is 0 Å². The first kappa shape index (κ1) is 23.7. The zero-order chi connectivity index (χ0) is 21.3. The molecule has 0 radical (unpaired) electrons. The monoisotopic (exact) mass is 486 g/mol. The summed E-state index contributed by atoms with van der Waals surface area (Å²) in [5, 5.41) is 0. The summed E-state index contributed by atoms with van der Waals surface area (Å²) in [6.07, 6.45) is -3.20. The molecular formula is C9H14FN2O12P3S. The molecule has 0 bridgehead atoms. The highest BCUT2D eigenvalue weighted by molar-refractivity contribution is 7.71. The topological polar surface area (TPSA) is 207 Å². The molecule has 0 amide bonds. The van der Waals surface area contributed by atoms with Crippen molar-refractivity contribution in [3.63, 3.8) is 0 Å². The molecule has 1 fully saturated rings. The molecule has 0 spiro atoms. The fourth-order valence-corrected chi connectivity index (χ4v) is 5.48. The summed E-state index contributed by atoms with van der Waals surface area (Å²) in [5.74, 6) is 0. The number of halogens is 1. The van der Waals surface area contributed by atoms with Gasteiger partial charge in [-0.25, -0.2) is 18.1 Å². The summed E-state index contributed by atoms with van der Waals surface area (Å²) in [5.41, 5.74) is -0.515. The second-order valence-electron chi connectivity index (χ2n) is 5.30. The Bertz CT molecular complexity index is 976. The number of aromatic nitrogens is 2. The van der Waals surface area contributed by atoms with Crippen LogP contribution in [0.1, 0.15) is 12.6 Å². The van der Waals surface area contributed by atoms with Crippen molar-refractivity contribution in [3.05, 3.63) is 27.4 Å². The van der Waals surface area contributed by atoms with Gasteiger partial charge in [-0.05, 0) is 12.2 Å². The van der Waals surface area contributed by atoms with Crippen LogP contribution in [-0.4, -0.2) is 48.0 Å². The van der Waals surface area contributed by atoms with Gasteiger partial charge in [-0.2, -0.15) is 8.62 Å². The third-order valence-electron chi connectivity index (χ3n) is 3.09. The van der Waals surface area contributed by atoms with Gasteiger partial charge >= 0.3 is 23.5 Å². The summed E-state index contributed by atoms with van der Waals surface area (Å²) in [7, 11) is -16.5. The number of phosphoric ester groups is 1. The van der Waals surface area contributed by atoms with E-state index in [4.69, 9.17) is 31.6 Å². The van der Waals surface area contributed by atoms with Crippen LogP contribution in [0.2, 0.25) is 0 Å². The molecule has 19 heteroatoms. The predicted octanol–water partition coefficient (Wildman–Crippen LogP) is 0.875. The van der Waals surface area contributed by atoms with Crippen molar-refractivity contribution in [2.45, 2.75) is 24.9 Å². The van der Waals surface area contributed by atoms with Crippen LogP contribution in [-0.2, 0) is 31.6 Å². The number of hydrogen-bond acceptors (Lipinski definition) is 9. The molecule has 0 saturated carbocycles. The van der Waals surface area contributed by atoms with E-state index < -0.39 is 54.1 Å². The Hall–Kier alpha value is -0.600.